The molecule has 8 nitrogen and oxygen atoms in total. The van der Waals surface area contributed by atoms with Crippen molar-refractivity contribution in [3.63, 3.8) is 0 Å². The standard InChI is InChI=1S/C29H28N2O6/c1-31(29(34)37-19-22-8-4-2-5-9-22)26(28(32)33)18-21-12-14-25(15-13-21)35-17-16-24-20-36-27(30-24)23-10-6-3-7-11-23/h2-15,20,26H,16-19H2,1H3,(H,32,33)/t26-/m0/s1. The van der Waals surface area contributed by atoms with Gasteiger partial charge in [-0.15, -0.1) is 0 Å². The quantitative estimate of drug-likeness (QED) is 0.301. The first-order valence-electron chi connectivity index (χ1n) is 11.9. The fourth-order valence-electron chi connectivity index (χ4n) is 3.69. The second-order valence-corrected chi connectivity index (χ2v) is 8.46. The van der Waals surface area contributed by atoms with Gasteiger partial charge < -0.3 is 19.0 Å². The highest BCUT2D eigenvalue weighted by molar-refractivity contribution is 5.80. The Balaban J connectivity index is 1.26. The predicted octanol–water partition coefficient (Wildman–Crippen LogP) is 5.23. The number of nitrogens with zero attached hydrogens (tertiary/aromatic N) is 2. The van der Waals surface area contributed by atoms with E-state index in [9.17, 15) is 14.7 Å². The Kier molecular flexibility index (Phi) is 8.54. The van der Waals surface area contributed by atoms with Gasteiger partial charge in [0.05, 0.1) is 12.3 Å². The van der Waals surface area contributed by atoms with Crippen LogP contribution in [0, 0.1) is 0 Å². The molecular weight excluding hydrogens is 472 g/mol. The zero-order valence-corrected chi connectivity index (χ0v) is 20.4. The summed E-state index contributed by atoms with van der Waals surface area (Å²) in [5, 5.41) is 9.70. The van der Waals surface area contributed by atoms with Crippen molar-refractivity contribution in [2.45, 2.75) is 25.5 Å². The molecule has 3 aromatic carbocycles. The van der Waals surface area contributed by atoms with Gasteiger partial charge in [0, 0.05) is 25.5 Å². The average Bonchev–Trinajstić information content (AvgIpc) is 3.41. The molecule has 0 fully saturated rings. The van der Waals surface area contributed by atoms with E-state index in [0.717, 1.165) is 27.3 Å². The van der Waals surface area contributed by atoms with E-state index in [1.54, 1.807) is 30.5 Å². The van der Waals surface area contributed by atoms with Gasteiger partial charge in [0.15, 0.2) is 0 Å². The molecule has 1 heterocycles. The van der Waals surface area contributed by atoms with E-state index in [-0.39, 0.29) is 13.0 Å². The number of amides is 1. The molecule has 0 radical (unpaired) electrons. The van der Waals surface area contributed by atoms with Crippen LogP contribution in [0.5, 0.6) is 5.75 Å². The zero-order valence-electron chi connectivity index (χ0n) is 20.4. The number of oxazole rings is 1. The predicted molar refractivity (Wildman–Crippen MR) is 137 cm³/mol. The van der Waals surface area contributed by atoms with Crippen LogP contribution in [0.15, 0.2) is 95.6 Å². The number of benzene rings is 3. The summed E-state index contributed by atoms with van der Waals surface area (Å²) < 4.78 is 16.6. The van der Waals surface area contributed by atoms with E-state index >= 15 is 0 Å². The van der Waals surface area contributed by atoms with Gasteiger partial charge in [0.1, 0.15) is 24.7 Å². The fourth-order valence-corrected chi connectivity index (χ4v) is 3.69. The second kappa shape index (κ2) is 12.4. The first kappa shape index (κ1) is 25.5. The second-order valence-electron chi connectivity index (χ2n) is 8.46. The van der Waals surface area contributed by atoms with Crippen molar-refractivity contribution in [1.82, 2.24) is 9.88 Å². The molecule has 37 heavy (non-hydrogen) atoms. The van der Waals surface area contributed by atoms with E-state index < -0.39 is 18.1 Å². The van der Waals surface area contributed by atoms with Gasteiger partial charge in [-0.05, 0) is 35.4 Å². The Bertz CT molecular complexity index is 1290. The molecule has 1 atom stereocenters. The molecule has 190 valence electrons. The monoisotopic (exact) mass is 500 g/mol. The Morgan fingerprint density at radius 3 is 2.30 bits per heavy atom. The van der Waals surface area contributed by atoms with Crippen LogP contribution in [0.3, 0.4) is 0 Å². The normalized spacial score (nSPS) is 11.5. The molecule has 4 rings (SSSR count). The van der Waals surface area contributed by atoms with Gasteiger partial charge in [-0.2, -0.15) is 0 Å². The molecule has 0 saturated heterocycles. The highest BCUT2D eigenvalue weighted by Gasteiger charge is 2.28. The largest absolute Gasteiger partial charge is 0.493 e. The number of carboxylic acid groups (broad SMARTS) is 1. The zero-order chi connectivity index (χ0) is 26.0. The summed E-state index contributed by atoms with van der Waals surface area (Å²) >= 11 is 0. The Labute approximate surface area is 215 Å². The van der Waals surface area contributed by atoms with Crippen molar-refractivity contribution in [2.75, 3.05) is 13.7 Å². The minimum Gasteiger partial charge on any atom is -0.493 e. The lowest BCUT2D eigenvalue weighted by molar-refractivity contribution is -0.142. The third-order valence-corrected chi connectivity index (χ3v) is 5.80. The molecule has 1 aromatic heterocycles. The fraction of sp³-hybridized carbons (Fsp3) is 0.207. The van der Waals surface area contributed by atoms with Crippen molar-refractivity contribution in [3.05, 3.63) is 108 Å². The maximum Gasteiger partial charge on any atom is 0.410 e. The summed E-state index contributed by atoms with van der Waals surface area (Å²) in [6.07, 6.45) is 1.64. The molecule has 0 saturated carbocycles. The van der Waals surface area contributed by atoms with Crippen LogP contribution >= 0.6 is 0 Å². The smallest absolute Gasteiger partial charge is 0.410 e. The van der Waals surface area contributed by atoms with Gasteiger partial charge in [0.25, 0.3) is 0 Å². The van der Waals surface area contributed by atoms with Gasteiger partial charge in [-0.1, -0.05) is 60.7 Å². The summed E-state index contributed by atoms with van der Waals surface area (Å²) in [5.41, 5.74) is 3.29. The minimum atomic E-state index is -1.11. The number of carbonyl (C=O) groups excluding carboxylic acids is 1. The lowest BCUT2D eigenvalue weighted by atomic mass is 10.1. The maximum absolute atomic E-state index is 12.4. The summed E-state index contributed by atoms with van der Waals surface area (Å²) in [7, 11) is 1.43. The van der Waals surface area contributed by atoms with Crippen molar-refractivity contribution in [1.29, 1.82) is 0 Å². The van der Waals surface area contributed by atoms with Crippen LogP contribution in [0.25, 0.3) is 11.5 Å². The molecule has 0 bridgehead atoms. The van der Waals surface area contributed by atoms with E-state index in [1.165, 1.54) is 7.05 Å². The van der Waals surface area contributed by atoms with Gasteiger partial charge in [0.2, 0.25) is 5.89 Å². The lowest BCUT2D eigenvalue weighted by Gasteiger charge is -2.24. The van der Waals surface area contributed by atoms with Crippen molar-refractivity contribution >= 4 is 12.1 Å². The van der Waals surface area contributed by atoms with Gasteiger partial charge in [-0.25, -0.2) is 14.6 Å². The summed E-state index contributed by atoms with van der Waals surface area (Å²) in [6, 6.07) is 25.0. The molecule has 1 N–H and O–H groups in total. The number of ether oxygens (including phenoxy) is 2. The number of likely N-dealkylation sites (N-methyl/N-ethyl adjacent to an activating group) is 1. The van der Waals surface area contributed by atoms with Crippen molar-refractivity contribution in [3.8, 4) is 17.2 Å². The number of carboxylic acids is 1. The molecule has 0 aliphatic heterocycles. The van der Waals surface area contributed by atoms with E-state index in [0.29, 0.717) is 24.7 Å². The highest BCUT2D eigenvalue weighted by Crippen LogP contribution is 2.19. The number of hydrogen-bond donors (Lipinski definition) is 1. The number of carbonyl (C=O) groups is 2. The molecular formula is C29H28N2O6. The average molecular weight is 501 g/mol. The van der Waals surface area contributed by atoms with E-state index in [4.69, 9.17) is 13.9 Å². The van der Waals surface area contributed by atoms with Crippen molar-refractivity contribution in [2.24, 2.45) is 0 Å². The van der Waals surface area contributed by atoms with Crippen LogP contribution in [0.1, 0.15) is 16.8 Å². The summed E-state index contributed by atoms with van der Waals surface area (Å²) in [4.78, 5) is 29.9. The van der Waals surface area contributed by atoms with Gasteiger partial charge >= 0.3 is 12.1 Å². The van der Waals surface area contributed by atoms with E-state index in [2.05, 4.69) is 4.98 Å². The van der Waals surface area contributed by atoms with Crippen LogP contribution in [-0.2, 0) is 29.0 Å². The minimum absolute atomic E-state index is 0.0737. The summed E-state index contributed by atoms with van der Waals surface area (Å²) in [5.74, 6) is 0.113. The van der Waals surface area contributed by atoms with Gasteiger partial charge in [-0.3, -0.25) is 4.90 Å². The SMILES string of the molecule is CN(C(=O)OCc1ccccc1)[C@@H](Cc1ccc(OCCc2coc(-c3ccccc3)n2)cc1)C(=O)O. The number of aromatic nitrogens is 1. The number of hydrogen-bond acceptors (Lipinski definition) is 6. The molecule has 0 unspecified atom stereocenters. The Hall–Kier alpha value is -4.59. The molecule has 0 aliphatic rings. The lowest BCUT2D eigenvalue weighted by Crippen LogP contribution is -2.44. The van der Waals surface area contributed by atoms with Crippen LogP contribution in [0.4, 0.5) is 4.79 Å². The maximum atomic E-state index is 12.4. The molecule has 1 amide bonds. The first-order chi connectivity index (χ1) is 18.0. The van der Waals surface area contributed by atoms with E-state index in [1.807, 2.05) is 60.7 Å². The molecule has 4 aromatic rings. The number of rotatable bonds is 11. The van der Waals surface area contributed by atoms with Crippen LogP contribution in [-0.4, -0.2) is 46.7 Å². The van der Waals surface area contributed by atoms with Crippen LogP contribution < -0.4 is 4.74 Å². The number of aliphatic carboxylic acids is 1. The molecule has 0 spiro atoms. The first-order valence-corrected chi connectivity index (χ1v) is 11.9. The Morgan fingerprint density at radius 2 is 1.62 bits per heavy atom. The topological polar surface area (TPSA) is 102 Å². The summed E-state index contributed by atoms with van der Waals surface area (Å²) in [6.45, 7) is 0.484. The third kappa shape index (κ3) is 7.20. The molecule has 8 heteroatoms. The Morgan fingerprint density at radius 1 is 0.946 bits per heavy atom. The third-order valence-electron chi connectivity index (χ3n) is 5.80. The van der Waals surface area contributed by atoms with Crippen molar-refractivity contribution < 1.29 is 28.6 Å². The highest BCUT2D eigenvalue weighted by atomic mass is 16.6. The molecule has 0 aliphatic carbocycles. The van der Waals surface area contributed by atoms with Crippen LogP contribution in [0.2, 0.25) is 0 Å².